The number of amides is 1. The van der Waals surface area contributed by atoms with Crippen LogP contribution in [0.5, 0.6) is 0 Å². The molecule has 0 aliphatic heterocycles. The first-order valence-electron chi connectivity index (χ1n) is 7.96. The van der Waals surface area contributed by atoms with E-state index in [1.54, 1.807) is 0 Å². The number of halogens is 1. The topological polar surface area (TPSA) is 136 Å². The fourth-order valence-corrected chi connectivity index (χ4v) is 3.02. The van der Waals surface area contributed by atoms with Gasteiger partial charge in [0.1, 0.15) is 0 Å². The van der Waals surface area contributed by atoms with Gasteiger partial charge in [0.2, 0.25) is 15.8 Å². The van der Waals surface area contributed by atoms with Crippen LogP contribution in [-0.4, -0.2) is 50.2 Å². The summed E-state index contributed by atoms with van der Waals surface area (Å²) in [7, 11) is -0.916. The van der Waals surface area contributed by atoms with Crippen LogP contribution >= 0.6 is 0 Å². The monoisotopic (exact) mass is 425 g/mol. The zero-order chi connectivity index (χ0) is 21.8. The molecule has 0 aromatic heterocycles. The lowest BCUT2D eigenvalue weighted by atomic mass is 10.2. The highest BCUT2D eigenvalue weighted by molar-refractivity contribution is 7.89. The van der Waals surface area contributed by atoms with E-state index in [9.17, 15) is 32.5 Å². The summed E-state index contributed by atoms with van der Waals surface area (Å²) in [5.41, 5.74) is -0.835. The van der Waals surface area contributed by atoms with Crippen LogP contribution in [-0.2, 0) is 19.6 Å². The number of carbonyl (C=O) groups is 2. The number of ether oxygens (including phenoxy) is 1. The molecule has 0 bridgehead atoms. The number of sulfonamides is 1. The van der Waals surface area contributed by atoms with Crippen LogP contribution in [0.25, 0.3) is 0 Å². The molecule has 0 spiro atoms. The number of anilines is 1. The van der Waals surface area contributed by atoms with Crippen LogP contribution < -0.4 is 5.32 Å². The Balaban J connectivity index is 1.98. The van der Waals surface area contributed by atoms with Crippen molar-refractivity contribution >= 4 is 33.3 Å². The molecule has 2 aromatic carbocycles. The molecule has 29 heavy (non-hydrogen) atoms. The van der Waals surface area contributed by atoms with Crippen LogP contribution in [0.1, 0.15) is 10.4 Å². The summed E-state index contributed by atoms with van der Waals surface area (Å²) in [5.74, 6) is -2.73. The van der Waals surface area contributed by atoms with Crippen molar-refractivity contribution in [2.75, 3.05) is 26.0 Å². The number of carbonyl (C=O) groups excluding carboxylic acids is 2. The van der Waals surface area contributed by atoms with E-state index in [-0.39, 0.29) is 16.1 Å². The quantitative estimate of drug-likeness (QED) is 0.406. The molecule has 10 nitrogen and oxygen atoms in total. The summed E-state index contributed by atoms with van der Waals surface area (Å²) < 4.78 is 43.1. The van der Waals surface area contributed by atoms with Crippen molar-refractivity contribution in [1.29, 1.82) is 0 Å². The van der Waals surface area contributed by atoms with Gasteiger partial charge in [-0.05, 0) is 36.4 Å². The highest BCUT2D eigenvalue weighted by atomic mass is 32.2. The molecule has 2 aromatic rings. The Kier molecular flexibility index (Phi) is 6.61. The summed E-state index contributed by atoms with van der Waals surface area (Å²) in [6, 6.07) is 7.70. The van der Waals surface area contributed by atoms with Crippen molar-refractivity contribution in [3.05, 3.63) is 64.0 Å². The Bertz CT molecular complexity index is 1050. The molecular weight excluding hydrogens is 409 g/mol. The van der Waals surface area contributed by atoms with E-state index in [4.69, 9.17) is 4.74 Å². The van der Waals surface area contributed by atoms with E-state index < -0.39 is 44.9 Å². The van der Waals surface area contributed by atoms with Gasteiger partial charge in [-0.15, -0.1) is 0 Å². The van der Waals surface area contributed by atoms with Gasteiger partial charge in [-0.25, -0.2) is 17.5 Å². The number of nitro groups is 1. The van der Waals surface area contributed by atoms with Gasteiger partial charge in [0, 0.05) is 25.8 Å². The van der Waals surface area contributed by atoms with Crippen LogP contribution in [0.2, 0.25) is 0 Å². The lowest BCUT2D eigenvalue weighted by Gasteiger charge is -2.11. The molecule has 154 valence electrons. The second-order valence-electron chi connectivity index (χ2n) is 5.86. The summed E-state index contributed by atoms with van der Waals surface area (Å²) in [4.78, 5) is 33.6. The number of benzene rings is 2. The van der Waals surface area contributed by atoms with E-state index in [1.807, 2.05) is 0 Å². The minimum atomic E-state index is -3.65. The zero-order valence-electron chi connectivity index (χ0n) is 15.3. The normalized spacial score (nSPS) is 11.2. The van der Waals surface area contributed by atoms with E-state index in [2.05, 4.69) is 5.32 Å². The molecule has 12 heteroatoms. The average molecular weight is 425 g/mol. The first-order valence-corrected chi connectivity index (χ1v) is 9.40. The summed E-state index contributed by atoms with van der Waals surface area (Å²) in [5, 5.41) is 12.9. The molecule has 0 saturated carbocycles. The Morgan fingerprint density at radius 1 is 1.17 bits per heavy atom. The van der Waals surface area contributed by atoms with Crippen molar-refractivity contribution < 1.29 is 32.1 Å². The Morgan fingerprint density at radius 2 is 1.79 bits per heavy atom. The van der Waals surface area contributed by atoms with Crippen LogP contribution in [0.15, 0.2) is 47.4 Å². The summed E-state index contributed by atoms with van der Waals surface area (Å²) >= 11 is 0. The van der Waals surface area contributed by atoms with E-state index >= 15 is 0 Å². The third-order valence-corrected chi connectivity index (χ3v) is 5.46. The Morgan fingerprint density at radius 3 is 2.34 bits per heavy atom. The molecule has 0 saturated heterocycles. The molecular formula is C17H16FN3O7S. The minimum Gasteiger partial charge on any atom is -0.452 e. The lowest BCUT2D eigenvalue weighted by Crippen LogP contribution is -2.22. The SMILES string of the molecule is CN(C)S(=O)(=O)c1ccc(C(=O)OCC(=O)Nc2ccc(F)c([N+](=O)[O-])c2)cc1. The second kappa shape index (κ2) is 8.75. The molecule has 0 heterocycles. The van der Waals surface area contributed by atoms with Gasteiger partial charge < -0.3 is 10.1 Å². The number of hydrogen-bond acceptors (Lipinski definition) is 7. The van der Waals surface area contributed by atoms with Crippen LogP contribution in [0.3, 0.4) is 0 Å². The standard InChI is InChI=1S/C17H16FN3O7S/c1-20(2)29(26,27)13-6-3-11(4-7-13)17(23)28-10-16(22)19-12-5-8-14(18)15(9-12)21(24)25/h3-9H,10H2,1-2H3,(H,19,22). The van der Waals surface area contributed by atoms with Gasteiger partial charge in [-0.2, -0.15) is 4.39 Å². The largest absolute Gasteiger partial charge is 0.452 e. The number of hydrogen-bond donors (Lipinski definition) is 1. The first kappa shape index (κ1) is 21.9. The molecule has 1 N–H and O–H groups in total. The predicted molar refractivity (Wildman–Crippen MR) is 99.3 cm³/mol. The van der Waals surface area contributed by atoms with Crippen LogP contribution in [0.4, 0.5) is 15.8 Å². The van der Waals surface area contributed by atoms with Gasteiger partial charge >= 0.3 is 11.7 Å². The maximum atomic E-state index is 13.3. The molecule has 2 rings (SSSR count). The number of esters is 1. The fraction of sp³-hybridized carbons (Fsp3) is 0.176. The van der Waals surface area contributed by atoms with Gasteiger partial charge in [0.15, 0.2) is 6.61 Å². The molecule has 0 aliphatic carbocycles. The van der Waals surface area contributed by atoms with Crippen molar-refractivity contribution in [3.8, 4) is 0 Å². The lowest BCUT2D eigenvalue weighted by molar-refractivity contribution is -0.387. The predicted octanol–water partition coefficient (Wildman–Crippen LogP) is 1.78. The minimum absolute atomic E-state index is 0.0188. The first-order chi connectivity index (χ1) is 13.5. The van der Waals surface area contributed by atoms with Crippen molar-refractivity contribution in [2.24, 2.45) is 0 Å². The highest BCUT2D eigenvalue weighted by Gasteiger charge is 2.19. The number of rotatable bonds is 7. The smallest absolute Gasteiger partial charge is 0.338 e. The molecule has 1 amide bonds. The van der Waals surface area contributed by atoms with E-state index in [1.165, 1.54) is 38.4 Å². The third-order valence-electron chi connectivity index (χ3n) is 3.63. The van der Waals surface area contributed by atoms with Gasteiger partial charge in [-0.3, -0.25) is 14.9 Å². The Hall–Kier alpha value is -3.38. The number of nitro benzene ring substituents is 1. The second-order valence-corrected chi connectivity index (χ2v) is 8.01. The van der Waals surface area contributed by atoms with Crippen molar-refractivity contribution in [3.63, 3.8) is 0 Å². The highest BCUT2D eigenvalue weighted by Crippen LogP contribution is 2.21. The fourth-order valence-electron chi connectivity index (χ4n) is 2.12. The van der Waals surface area contributed by atoms with E-state index in [0.29, 0.717) is 0 Å². The van der Waals surface area contributed by atoms with Crippen LogP contribution in [0, 0.1) is 15.9 Å². The third kappa shape index (κ3) is 5.33. The van der Waals surface area contributed by atoms with Crippen molar-refractivity contribution in [2.45, 2.75) is 4.90 Å². The molecule has 0 atom stereocenters. The van der Waals surface area contributed by atoms with E-state index in [0.717, 1.165) is 22.5 Å². The summed E-state index contributed by atoms with van der Waals surface area (Å²) in [6.07, 6.45) is 0. The molecule has 0 fully saturated rings. The maximum absolute atomic E-state index is 13.3. The molecule has 0 radical (unpaired) electrons. The van der Waals surface area contributed by atoms with Gasteiger partial charge in [0.25, 0.3) is 5.91 Å². The Labute approximate surface area is 165 Å². The average Bonchev–Trinajstić information content (AvgIpc) is 2.67. The molecule has 0 unspecified atom stereocenters. The maximum Gasteiger partial charge on any atom is 0.338 e. The van der Waals surface area contributed by atoms with Gasteiger partial charge in [-0.1, -0.05) is 0 Å². The summed E-state index contributed by atoms with van der Waals surface area (Å²) in [6.45, 7) is -0.707. The number of nitrogens with one attached hydrogen (secondary N) is 1. The molecule has 0 aliphatic rings. The number of nitrogens with zero attached hydrogens (tertiary/aromatic N) is 2. The van der Waals surface area contributed by atoms with Gasteiger partial charge in [0.05, 0.1) is 15.4 Å². The van der Waals surface area contributed by atoms with Crippen molar-refractivity contribution in [1.82, 2.24) is 4.31 Å². The zero-order valence-corrected chi connectivity index (χ0v) is 16.1.